The Morgan fingerprint density at radius 3 is 2.64 bits per heavy atom. The van der Waals surface area contributed by atoms with Crippen molar-refractivity contribution in [2.45, 2.75) is 11.8 Å². The fourth-order valence-corrected chi connectivity index (χ4v) is 2.40. The van der Waals surface area contributed by atoms with E-state index < -0.39 is 5.91 Å². The van der Waals surface area contributed by atoms with Gasteiger partial charge in [-0.15, -0.1) is 11.8 Å². The lowest BCUT2D eigenvalue weighted by molar-refractivity contribution is 0.0997. The van der Waals surface area contributed by atoms with Crippen LogP contribution in [0.4, 0.5) is 0 Å². The van der Waals surface area contributed by atoms with Crippen LogP contribution in [0.1, 0.15) is 17.3 Å². The molecule has 1 amide bonds. The maximum absolute atomic E-state index is 11.1. The number of hydrogen-bond donors (Lipinski definition) is 1. The number of benzene rings is 1. The molecule has 0 saturated heterocycles. The van der Waals surface area contributed by atoms with Gasteiger partial charge in [0.2, 0.25) is 5.91 Å². The Balaban J connectivity index is 3.29. The van der Waals surface area contributed by atoms with Crippen LogP contribution in [0.25, 0.3) is 0 Å². The lowest BCUT2D eigenvalue weighted by Gasteiger charge is -2.08. The summed E-state index contributed by atoms with van der Waals surface area (Å²) >= 11 is 13.2. The second kappa shape index (κ2) is 4.91. The van der Waals surface area contributed by atoms with Gasteiger partial charge in [-0.3, -0.25) is 4.79 Å². The SMILES string of the molecule is CCSc1c(C(N)=O)ccc(Cl)c1Cl. The summed E-state index contributed by atoms with van der Waals surface area (Å²) in [5.41, 5.74) is 5.63. The minimum atomic E-state index is -0.487. The standard InChI is InChI=1S/C9H9Cl2NOS/c1-2-14-8-5(9(12)13)3-4-6(10)7(8)11/h3-4H,2H2,1H3,(H2,12,13). The van der Waals surface area contributed by atoms with E-state index in [0.29, 0.717) is 20.5 Å². The normalized spacial score (nSPS) is 10.2. The van der Waals surface area contributed by atoms with Gasteiger partial charge in [0.15, 0.2) is 0 Å². The van der Waals surface area contributed by atoms with Crippen LogP contribution in [0.5, 0.6) is 0 Å². The van der Waals surface area contributed by atoms with Crippen LogP contribution >= 0.6 is 35.0 Å². The lowest BCUT2D eigenvalue weighted by Crippen LogP contribution is -2.12. The molecule has 0 aliphatic heterocycles. The van der Waals surface area contributed by atoms with Crippen molar-refractivity contribution in [2.24, 2.45) is 5.73 Å². The van der Waals surface area contributed by atoms with Crippen molar-refractivity contribution in [1.29, 1.82) is 0 Å². The molecule has 2 nitrogen and oxygen atoms in total. The molecular formula is C9H9Cl2NOS. The molecule has 1 rings (SSSR count). The zero-order valence-electron chi connectivity index (χ0n) is 7.51. The number of hydrogen-bond acceptors (Lipinski definition) is 2. The molecule has 2 N–H and O–H groups in total. The van der Waals surface area contributed by atoms with Gasteiger partial charge in [-0.05, 0) is 17.9 Å². The van der Waals surface area contributed by atoms with Gasteiger partial charge < -0.3 is 5.73 Å². The van der Waals surface area contributed by atoms with Crippen LogP contribution in [0.2, 0.25) is 10.0 Å². The first kappa shape index (κ1) is 11.7. The minimum absolute atomic E-state index is 0.398. The van der Waals surface area contributed by atoms with E-state index in [2.05, 4.69) is 0 Å². The van der Waals surface area contributed by atoms with Gasteiger partial charge in [-0.1, -0.05) is 30.1 Å². The largest absolute Gasteiger partial charge is 0.366 e. The molecule has 0 atom stereocenters. The topological polar surface area (TPSA) is 43.1 Å². The lowest BCUT2D eigenvalue weighted by atomic mass is 10.2. The van der Waals surface area contributed by atoms with E-state index in [9.17, 15) is 4.79 Å². The van der Waals surface area contributed by atoms with Crippen molar-refractivity contribution in [1.82, 2.24) is 0 Å². The number of halogens is 2. The van der Waals surface area contributed by atoms with Gasteiger partial charge in [0.05, 0.1) is 15.6 Å². The number of thioether (sulfide) groups is 1. The Bertz CT molecular complexity index is 368. The highest BCUT2D eigenvalue weighted by atomic mass is 35.5. The molecule has 14 heavy (non-hydrogen) atoms. The summed E-state index contributed by atoms with van der Waals surface area (Å²) in [5.74, 6) is 0.319. The molecule has 76 valence electrons. The summed E-state index contributed by atoms with van der Waals surface area (Å²) in [6.45, 7) is 1.96. The van der Waals surface area contributed by atoms with Crippen molar-refractivity contribution in [2.75, 3.05) is 5.75 Å². The third-order valence-electron chi connectivity index (χ3n) is 1.60. The predicted molar refractivity (Wildman–Crippen MR) is 61.4 cm³/mol. The van der Waals surface area contributed by atoms with Crippen LogP contribution in [0.15, 0.2) is 17.0 Å². The van der Waals surface area contributed by atoms with Crippen molar-refractivity contribution in [3.05, 3.63) is 27.7 Å². The molecule has 1 aromatic carbocycles. The van der Waals surface area contributed by atoms with E-state index in [1.165, 1.54) is 11.8 Å². The predicted octanol–water partition coefficient (Wildman–Crippen LogP) is 3.20. The first-order chi connectivity index (χ1) is 6.57. The molecular weight excluding hydrogens is 241 g/mol. The second-order valence-electron chi connectivity index (χ2n) is 2.54. The van der Waals surface area contributed by atoms with E-state index in [-0.39, 0.29) is 0 Å². The quantitative estimate of drug-likeness (QED) is 0.837. The van der Waals surface area contributed by atoms with E-state index in [0.717, 1.165) is 5.75 Å². The third kappa shape index (κ3) is 2.35. The van der Waals surface area contributed by atoms with E-state index in [4.69, 9.17) is 28.9 Å². The number of nitrogens with two attached hydrogens (primary N) is 1. The summed E-state index contributed by atoms with van der Waals surface area (Å²) < 4.78 is 0. The molecule has 0 aliphatic carbocycles. The van der Waals surface area contributed by atoms with Crippen molar-refractivity contribution >= 4 is 40.9 Å². The van der Waals surface area contributed by atoms with E-state index in [1.54, 1.807) is 12.1 Å². The molecule has 1 aromatic rings. The first-order valence-corrected chi connectivity index (χ1v) is 5.72. The van der Waals surface area contributed by atoms with Gasteiger partial charge in [0, 0.05) is 4.90 Å². The van der Waals surface area contributed by atoms with Crippen LogP contribution in [0, 0.1) is 0 Å². The fourth-order valence-electron chi connectivity index (χ4n) is 1.01. The third-order valence-corrected chi connectivity index (χ3v) is 3.52. The molecule has 0 aromatic heterocycles. The monoisotopic (exact) mass is 249 g/mol. The van der Waals surface area contributed by atoms with Gasteiger partial charge in [-0.25, -0.2) is 0 Å². The first-order valence-electron chi connectivity index (χ1n) is 3.98. The molecule has 0 saturated carbocycles. The van der Waals surface area contributed by atoms with E-state index >= 15 is 0 Å². The van der Waals surface area contributed by atoms with Gasteiger partial charge in [-0.2, -0.15) is 0 Å². The molecule has 0 spiro atoms. The molecule has 0 radical (unpaired) electrons. The zero-order chi connectivity index (χ0) is 10.7. The maximum Gasteiger partial charge on any atom is 0.249 e. The fraction of sp³-hybridized carbons (Fsp3) is 0.222. The Kier molecular flexibility index (Phi) is 4.11. The highest BCUT2D eigenvalue weighted by Gasteiger charge is 2.14. The van der Waals surface area contributed by atoms with Crippen LogP contribution in [-0.2, 0) is 0 Å². The number of carbonyl (C=O) groups excluding carboxylic acids is 1. The van der Waals surface area contributed by atoms with Crippen molar-refractivity contribution < 1.29 is 4.79 Å². The Morgan fingerprint density at radius 2 is 2.14 bits per heavy atom. The maximum atomic E-state index is 11.1. The summed E-state index contributed by atoms with van der Waals surface area (Å²) in [7, 11) is 0. The zero-order valence-corrected chi connectivity index (χ0v) is 9.84. The van der Waals surface area contributed by atoms with Crippen LogP contribution in [0.3, 0.4) is 0 Å². The Hall–Kier alpha value is -0.380. The molecule has 0 heterocycles. The molecule has 0 fully saturated rings. The minimum Gasteiger partial charge on any atom is -0.366 e. The molecule has 0 bridgehead atoms. The highest BCUT2D eigenvalue weighted by molar-refractivity contribution is 7.99. The van der Waals surface area contributed by atoms with Gasteiger partial charge in [0.1, 0.15) is 0 Å². The number of rotatable bonds is 3. The Labute approximate surface area is 96.8 Å². The van der Waals surface area contributed by atoms with Crippen LogP contribution < -0.4 is 5.73 Å². The number of amides is 1. The van der Waals surface area contributed by atoms with Crippen molar-refractivity contribution in [3.63, 3.8) is 0 Å². The average Bonchev–Trinajstić information content (AvgIpc) is 2.13. The molecule has 5 heteroatoms. The number of carbonyl (C=O) groups is 1. The van der Waals surface area contributed by atoms with Gasteiger partial charge in [0.25, 0.3) is 0 Å². The van der Waals surface area contributed by atoms with Gasteiger partial charge >= 0.3 is 0 Å². The molecule has 0 unspecified atom stereocenters. The molecule has 0 aliphatic rings. The van der Waals surface area contributed by atoms with Crippen molar-refractivity contribution in [3.8, 4) is 0 Å². The average molecular weight is 250 g/mol. The highest BCUT2D eigenvalue weighted by Crippen LogP contribution is 2.35. The smallest absolute Gasteiger partial charge is 0.249 e. The Morgan fingerprint density at radius 1 is 1.50 bits per heavy atom. The number of primary amides is 1. The summed E-state index contributed by atoms with van der Waals surface area (Å²) in [5, 5.41) is 0.836. The second-order valence-corrected chi connectivity index (χ2v) is 4.59. The van der Waals surface area contributed by atoms with E-state index in [1.807, 2.05) is 6.92 Å². The van der Waals surface area contributed by atoms with Crippen LogP contribution in [-0.4, -0.2) is 11.7 Å². The summed E-state index contributed by atoms with van der Waals surface area (Å²) in [4.78, 5) is 11.7. The summed E-state index contributed by atoms with van der Waals surface area (Å²) in [6, 6.07) is 3.16. The summed E-state index contributed by atoms with van der Waals surface area (Å²) in [6.07, 6.45) is 0.